The first-order valence-corrected chi connectivity index (χ1v) is 9.03. The van der Waals surface area contributed by atoms with Crippen LogP contribution in [0.2, 0.25) is 0 Å². The van der Waals surface area contributed by atoms with Gasteiger partial charge in [0.2, 0.25) is 0 Å². The van der Waals surface area contributed by atoms with E-state index in [0.717, 1.165) is 34.6 Å². The first-order chi connectivity index (χ1) is 14.3. The molecule has 0 radical (unpaired) electrons. The largest absolute Gasteiger partial charge is 0.476 e. The molecule has 1 unspecified atom stereocenters. The van der Waals surface area contributed by atoms with Gasteiger partial charge in [-0.2, -0.15) is 0 Å². The molecule has 0 amide bonds. The Morgan fingerprint density at radius 2 is 1.48 bits per heavy atom. The number of carboxylic acid groups (broad SMARTS) is 1. The summed E-state index contributed by atoms with van der Waals surface area (Å²) in [5, 5.41) is 9.71. The highest BCUT2D eigenvalue weighted by Gasteiger charge is 2.59. The molecule has 13 nitrogen and oxygen atoms in total. The van der Waals surface area contributed by atoms with Crippen molar-refractivity contribution in [3.63, 3.8) is 0 Å². The van der Waals surface area contributed by atoms with E-state index in [2.05, 4.69) is 0 Å². The minimum Gasteiger partial charge on any atom is -0.476 e. The van der Waals surface area contributed by atoms with Crippen LogP contribution in [0.15, 0.2) is 0 Å². The van der Waals surface area contributed by atoms with Crippen LogP contribution in [0.3, 0.4) is 0 Å². The fourth-order valence-corrected chi connectivity index (χ4v) is 2.96. The highest BCUT2D eigenvalue weighted by Crippen LogP contribution is 2.36. The van der Waals surface area contributed by atoms with E-state index in [1.807, 2.05) is 0 Å². The van der Waals surface area contributed by atoms with Crippen molar-refractivity contribution < 1.29 is 62.3 Å². The average molecular weight is 448 g/mol. The molecule has 5 atom stereocenters. The fraction of sp³-hybridized carbons (Fsp3) is 0.667. The zero-order valence-electron chi connectivity index (χ0n) is 17.6. The van der Waals surface area contributed by atoms with Gasteiger partial charge in [0.1, 0.15) is 18.8 Å². The molecule has 31 heavy (non-hydrogen) atoms. The number of rotatable bonds is 8. The summed E-state index contributed by atoms with van der Waals surface area (Å²) in [6.45, 7) is 4.43. The summed E-state index contributed by atoms with van der Waals surface area (Å²) in [4.78, 5) is 69.6. The zero-order chi connectivity index (χ0) is 23.9. The molecule has 0 aliphatic carbocycles. The molecule has 0 aromatic rings. The Kier molecular flexibility index (Phi) is 8.91. The van der Waals surface area contributed by atoms with Crippen LogP contribution in [0.25, 0.3) is 0 Å². The molecule has 1 N–H and O–H groups in total. The Balaban J connectivity index is 3.55. The third-order valence-electron chi connectivity index (χ3n) is 3.88. The zero-order valence-corrected chi connectivity index (χ0v) is 17.6. The van der Waals surface area contributed by atoms with E-state index in [-0.39, 0.29) is 0 Å². The molecule has 0 bridgehead atoms. The Labute approximate surface area is 176 Å². The Bertz CT molecular complexity index is 745. The Morgan fingerprint density at radius 1 is 0.903 bits per heavy atom. The van der Waals surface area contributed by atoms with Gasteiger partial charge in [-0.3, -0.25) is 24.0 Å². The Morgan fingerprint density at radius 3 is 1.90 bits per heavy atom. The molecule has 174 valence electrons. The summed E-state index contributed by atoms with van der Waals surface area (Å²) in [7, 11) is 0. The van der Waals surface area contributed by atoms with E-state index < -0.39 is 79.0 Å². The van der Waals surface area contributed by atoms with Crippen molar-refractivity contribution in [1.29, 1.82) is 0 Å². The molecular weight excluding hydrogens is 424 g/mol. The molecule has 1 rings (SSSR count). The summed E-state index contributed by atoms with van der Waals surface area (Å²) in [5.41, 5.74) is 0. The predicted molar refractivity (Wildman–Crippen MR) is 94.9 cm³/mol. The van der Waals surface area contributed by atoms with Crippen LogP contribution in [0.1, 0.15) is 41.0 Å². The number of esters is 5. The molecular formula is C18H24O13. The summed E-state index contributed by atoms with van der Waals surface area (Å²) in [6.07, 6.45) is -6.90. The SMILES string of the molecule is CC(=O)OC[C@@H](OC(C)=O)[C@H]1OC(OC(C)=O)(C(=O)O)C[C@@H](OC(C)=O)[C@H]1OC(C)=O. The molecule has 1 fully saturated rings. The van der Waals surface area contributed by atoms with Gasteiger partial charge in [0.05, 0.1) is 6.42 Å². The van der Waals surface area contributed by atoms with Crippen molar-refractivity contribution in [2.24, 2.45) is 0 Å². The number of hydrogen-bond donors (Lipinski definition) is 1. The van der Waals surface area contributed by atoms with Crippen LogP contribution in [-0.2, 0) is 57.2 Å². The summed E-state index contributed by atoms with van der Waals surface area (Å²) < 4.78 is 30.5. The van der Waals surface area contributed by atoms with Crippen LogP contribution in [0.5, 0.6) is 0 Å². The highest BCUT2D eigenvalue weighted by atomic mass is 16.8. The summed E-state index contributed by atoms with van der Waals surface area (Å²) in [5.74, 6) is -8.85. The second kappa shape index (κ2) is 10.7. The van der Waals surface area contributed by atoms with Gasteiger partial charge in [-0.25, -0.2) is 4.79 Å². The maximum atomic E-state index is 12.0. The molecule has 1 aliphatic rings. The summed E-state index contributed by atoms with van der Waals surface area (Å²) >= 11 is 0. The fourth-order valence-electron chi connectivity index (χ4n) is 2.96. The van der Waals surface area contributed by atoms with E-state index in [9.17, 15) is 33.9 Å². The first kappa shape index (κ1) is 25.8. The lowest BCUT2D eigenvalue weighted by atomic mass is 9.91. The molecule has 1 aliphatic heterocycles. The van der Waals surface area contributed by atoms with Gasteiger partial charge >= 0.3 is 41.6 Å². The van der Waals surface area contributed by atoms with E-state index in [0.29, 0.717) is 0 Å². The number of carboxylic acids is 1. The molecule has 0 saturated carbocycles. The standard InChI is InChI=1S/C18H24O13/c1-8(19)26-7-14(28-10(3)21)16-15(29-11(4)22)13(27-9(2)20)6-18(31-16,17(24)25)30-12(5)23/h13-16H,6-7H2,1-5H3,(H,24,25)/t13-,14-,15-,16-,18?/m1/s1. The maximum Gasteiger partial charge on any atom is 0.377 e. The van der Waals surface area contributed by atoms with Crippen molar-refractivity contribution in [3.05, 3.63) is 0 Å². The minimum absolute atomic E-state index is 0.625. The molecule has 1 heterocycles. The lowest BCUT2D eigenvalue weighted by molar-refractivity contribution is -0.316. The topological polar surface area (TPSA) is 178 Å². The molecule has 0 aromatic carbocycles. The maximum absolute atomic E-state index is 12.0. The molecule has 0 aromatic heterocycles. The van der Waals surface area contributed by atoms with E-state index >= 15 is 0 Å². The van der Waals surface area contributed by atoms with Gasteiger partial charge < -0.3 is 33.5 Å². The summed E-state index contributed by atoms with van der Waals surface area (Å²) in [6, 6.07) is 0. The second-order valence-electron chi connectivity index (χ2n) is 6.61. The number of hydrogen-bond acceptors (Lipinski definition) is 12. The molecule has 0 spiro atoms. The van der Waals surface area contributed by atoms with Crippen LogP contribution >= 0.6 is 0 Å². The van der Waals surface area contributed by atoms with Crippen LogP contribution in [-0.4, -0.2) is 77.7 Å². The third-order valence-corrected chi connectivity index (χ3v) is 3.88. The van der Waals surface area contributed by atoms with Gasteiger partial charge in [-0.05, 0) is 0 Å². The highest BCUT2D eigenvalue weighted by molar-refractivity contribution is 5.80. The second-order valence-corrected chi connectivity index (χ2v) is 6.61. The van der Waals surface area contributed by atoms with Crippen molar-refractivity contribution in [2.45, 2.75) is 71.2 Å². The van der Waals surface area contributed by atoms with Crippen LogP contribution in [0, 0.1) is 0 Å². The lowest BCUT2D eigenvalue weighted by Gasteiger charge is -2.45. The first-order valence-electron chi connectivity index (χ1n) is 9.03. The lowest BCUT2D eigenvalue weighted by Crippen LogP contribution is -2.65. The van der Waals surface area contributed by atoms with E-state index in [1.165, 1.54) is 0 Å². The predicted octanol–water partition coefficient (Wildman–Crippen LogP) is -0.522. The molecule has 13 heteroatoms. The number of aliphatic carboxylic acids is 1. The molecule has 1 saturated heterocycles. The number of ether oxygens (including phenoxy) is 6. The minimum atomic E-state index is -2.68. The van der Waals surface area contributed by atoms with Crippen molar-refractivity contribution in [1.82, 2.24) is 0 Å². The van der Waals surface area contributed by atoms with Crippen LogP contribution in [0.4, 0.5) is 0 Å². The van der Waals surface area contributed by atoms with Gasteiger partial charge in [0.15, 0.2) is 12.2 Å². The van der Waals surface area contributed by atoms with E-state index in [1.54, 1.807) is 0 Å². The smallest absolute Gasteiger partial charge is 0.377 e. The number of carbonyl (C=O) groups is 6. The van der Waals surface area contributed by atoms with Gasteiger partial charge in [0.25, 0.3) is 0 Å². The van der Waals surface area contributed by atoms with Crippen molar-refractivity contribution in [3.8, 4) is 0 Å². The van der Waals surface area contributed by atoms with Gasteiger partial charge in [-0.15, -0.1) is 0 Å². The quantitative estimate of drug-likeness (QED) is 0.370. The van der Waals surface area contributed by atoms with Crippen molar-refractivity contribution >= 4 is 35.8 Å². The number of carbonyl (C=O) groups excluding carboxylic acids is 5. The van der Waals surface area contributed by atoms with Gasteiger partial charge in [-0.1, -0.05) is 0 Å². The normalized spacial score (nSPS) is 26.0. The monoisotopic (exact) mass is 448 g/mol. The van der Waals surface area contributed by atoms with Crippen LogP contribution < -0.4 is 0 Å². The average Bonchev–Trinajstić information content (AvgIpc) is 2.58. The van der Waals surface area contributed by atoms with Gasteiger partial charge in [0, 0.05) is 34.6 Å². The van der Waals surface area contributed by atoms with E-state index in [4.69, 9.17) is 28.4 Å². The third kappa shape index (κ3) is 7.51. The Hall–Kier alpha value is -3.22. The van der Waals surface area contributed by atoms with Crippen molar-refractivity contribution in [2.75, 3.05) is 6.61 Å².